The summed E-state index contributed by atoms with van der Waals surface area (Å²) in [5.41, 5.74) is 6.77. The summed E-state index contributed by atoms with van der Waals surface area (Å²) in [5.74, 6) is 0.856. The monoisotopic (exact) mass is 297 g/mol. The van der Waals surface area contributed by atoms with Gasteiger partial charge < -0.3 is 10.5 Å². The van der Waals surface area contributed by atoms with Crippen LogP contribution in [0.4, 0.5) is 0 Å². The van der Waals surface area contributed by atoms with Crippen molar-refractivity contribution in [2.24, 2.45) is 11.7 Å². The zero-order chi connectivity index (χ0) is 15.9. The highest BCUT2D eigenvalue weighted by molar-refractivity contribution is 5.78. The van der Waals surface area contributed by atoms with Crippen molar-refractivity contribution in [3.8, 4) is 0 Å². The minimum Gasteiger partial charge on any atom is -0.381 e. The van der Waals surface area contributed by atoms with Crippen molar-refractivity contribution in [1.82, 2.24) is 0 Å². The van der Waals surface area contributed by atoms with E-state index >= 15 is 0 Å². The lowest BCUT2D eigenvalue weighted by atomic mass is 9.93. The van der Waals surface area contributed by atoms with Crippen LogP contribution in [-0.2, 0) is 9.53 Å². The van der Waals surface area contributed by atoms with Crippen LogP contribution in [0, 0.1) is 5.92 Å². The molecule has 0 saturated heterocycles. The first-order valence-electron chi connectivity index (χ1n) is 8.60. The average Bonchev–Trinajstić information content (AvgIpc) is 2.46. The summed E-state index contributed by atoms with van der Waals surface area (Å²) in [6.45, 7) is 10.6. The van der Waals surface area contributed by atoms with Crippen LogP contribution in [0.2, 0.25) is 0 Å². The molecule has 0 aliphatic rings. The van der Waals surface area contributed by atoms with Crippen LogP contribution in [0.15, 0.2) is 12.2 Å². The number of carbonyl (C=O) groups excluding carboxylic acids is 1. The van der Waals surface area contributed by atoms with Gasteiger partial charge in [0.1, 0.15) is 5.78 Å². The molecular weight excluding hydrogens is 262 g/mol. The SMILES string of the molecule is C=C(CCN)CCC(CCC(=O)CCC)COCCCC. The number of hydrogen-bond donors (Lipinski definition) is 1. The Bertz CT molecular complexity index is 254. The van der Waals surface area contributed by atoms with Gasteiger partial charge in [0.05, 0.1) is 0 Å². The maximum atomic E-state index is 11.7. The molecule has 2 N–H and O–H groups in total. The molecule has 0 saturated carbocycles. The molecular formula is C18H35NO2. The van der Waals surface area contributed by atoms with Crippen LogP contribution in [0.5, 0.6) is 0 Å². The van der Waals surface area contributed by atoms with Gasteiger partial charge in [-0.05, 0) is 51.0 Å². The molecule has 0 amide bonds. The molecule has 3 nitrogen and oxygen atoms in total. The summed E-state index contributed by atoms with van der Waals surface area (Å²) in [5, 5.41) is 0. The Kier molecular flexibility index (Phi) is 13.8. The van der Waals surface area contributed by atoms with E-state index in [0.29, 0.717) is 31.1 Å². The van der Waals surface area contributed by atoms with Gasteiger partial charge in [0.15, 0.2) is 0 Å². The second-order valence-corrected chi connectivity index (χ2v) is 5.95. The standard InChI is InChI=1S/C18H35NO2/c1-4-6-14-21-15-17(9-8-16(3)12-13-19)10-11-18(20)7-5-2/h17H,3-15,19H2,1-2H3. The van der Waals surface area contributed by atoms with E-state index in [9.17, 15) is 4.79 Å². The number of unbranched alkanes of at least 4 members (excludes halogenated alkanes) is 1. The lowest BCUT2D eigenvalue weighted by molar-refractivity contribution is -0.119. The molecule has 0 heterocycles. The molecule has 0 spiro atoms. The van der Waals surface area contributed by atoms with E-state index in [1.807, 2.05) is 0 Å². The van der Waals surface area contributed by atoms with Crippen molar-refractivity contribution >= 4 is 5.78 Å². The minimum absolute atomic E-state index is 0.386. The molecule has 0 aromatic heterocycles. The van der Waals surface area contributed by atoms with E-state index in [0.717, 1.165) is 58.2 Å². The van der Waals surface area contributed by atoms with Gasteiger partial charge in [-0.3, -0.25) is 4.79 Å². The van der Waals surface area contributed by atoms with Gasteiger partial charge in [0.25, 0.3) is 0 Å². The van der Waals surface area contributed by atoms with Crippen LogP contribution in [0.1, 0.15) is 71.6 Å². The van der Waals surface area contributed by atoms with Crippen LogP contribution in [0.25, 0.3) is 0 Å². The lowest BCUT2D eigenvalue weighted by Crippen LogP contribution is -2.13. The third-order valence-electron chi connectivity index (χ3n) is 3.76. The summed E-state index contributed by atoms with van der Waals surface area (Å²) >= 11 is 0. The molecule has 0 aromatic rings. The first-order valence-corrected chi connectivity index (χ1v) is 8.60. The van der Waals surface area contributed by atoms with E-state index in [2.05, 4.69) is 20.4 Å². The smallest absolute Gasteiger partial charge is 0.132 e. The Morgan fingerprint density at radius 2 is 1.81 bits per heavy atom. The predicted molar refractivity (Wildman–Crippen MR) is 90.4 cm³/mol. The van der Waals surface area contributed by atoms with E-state index in [4.69, 9.17) is 10.5 Å². The third-order valence-corrected chi connectivity index (χ3v) is 3.76. The molecule has 0 radical (unpaired) electrons. The van der Waals surface area contributed by atoms with E-state index in [1.54, 1.807) is 0 Å². The summed E-state index contributed by atoms with van der Waals surface area (Å²) < 4.78 is 5.76. The molecule has 124 valence electrons. The first kappa shape index (κ1) is 20.3. The van der Waals surface area contributed by atoms with Gasteiger partial charge in [0, 0.05) is 26.1 Å². The number of carbonyl (C=O) groups is 1. The fraction of sp³-hybridized carbons (Fsp3) is 0.833. The van der Waals surface area contributed by atoms with Crippen molar-refractivity contribution in [3.63, 3.8) is 0 Å². The van der Waals surface area contributed by atoms with Gasteiger partial charge in [-0.2, -0.15) is 0 Å². The van der Waals surface area contributed by atoms with Crippen molar-refractivity contribution in [1.29, 1.82) is 0 Å². The second-order valence-electron chi connectivity index (χ2n) is 5.95. The highest BCUT2D eigenvalue weighted by atomic mass is 16.5. The quantitative estimate of drug-likeness (QED) is 0.363. The van der Waals surface area contributed by atoms with Crippen LogP contribution in [0.3, 0.4) is 0 Å². The summed E-state index contributed by atoms with van der Waals surface area (Å²) in [7, 11) is 0. The number of nitrogens with two attached hydrogens (primary N) is 1. The first-order chi connectivity index (χ1) is 10.1. The van der Waals surface area contributed by atoms with Gasteiger partial charge in [-0.25, -0.2) is 0 Å². The summed E-state index contributed by atoms with van der Waals surface area (Å²) in [6.07, 6.45) is 8.53. The third kappa shape index (κ3) is 12.8. The maximum absolute atomic E-state index is 11.7. The van der Waals surface area contributed by atoms with Crippen LogP contribution >= 0.6 is 0 Å². The summed E-state index contributed by atoms with van der Waals surface area (Å²) in [4.78, 5) is 11.7. The second kappa shape index (κ2) is 14.3. The highest BCUT2D eigenvalue weighted by Gasteiger charge is 2.12. The number of ketones is 1. The van der Waals surface area contributed by atoms with Gasteiger partial charge in [-0.15, -0.1) is 0 Å². The fourth-order valence-electron chi connectivity index (χ4n) is 2.31. The lowest BCUT2D eigenvalue weighted by Gasteiger charge is -2.17. The van der Waals surface area contributed by atoms with E-state index in [-0.39, 0.29) is 0 Å². The van der Waals surface area contributed by atoms with Crippen molar-refractivity contribution < 1.29 is 9.53 Å². The molecule has 21 heavy (non-hydrogen) atoms. The summed E-state index contributed by atoms with van der Waals surface area (Å²) in [6, 6.07) is 0. The Labute approximate surface area is 131 Å². The Morgan fingerprint density at radius 1 is 1.10 bits per heavy atom. The molecule has 3 heteroatoms. The van der Waals surface area contributed by atoms with Crippen LogP contribution < -0.4 is 5.73 Å². The molecule has 0 bridgehead atoms. The predicted octanol–water partition coefficient (Wildman–Crippen LogP) is 4.25. The van der Waals surface area contributed by atoms with Crippen molar-refractivity contribution in [2.45, 2.75) is 71.6 Å². The van der Waals surface area contributed by atoms with E-state index < -0.39 is 0 Å². The molecule has 0 aliphatic heterocycles. The number of rotatable bonds is 15. The van der Waals surface area contributed by atoms with Crippen molar-refractivity contribution in [3.05, 3.63) is 12.2 Å². The van der Waals surface area contributed by atoms with Gasteiger partial charge in [-0.1, -0.05) is 32.4 Å². The zero-order valence-electron chi connectivity index (χ0n) is 14.2. The number of hydrogen-bond acceptors (Lipinski definition) is 3. The number of Topliss-reactive ketones (excluding diaryl/α,β-unsaturated/α-hetero) is 1. The topological polar surface area (TPSA) is 52.3 Å². The normalized spacial score (nSPS) is 12.3. The minimum atomic E-state index is 0.386. The Hall–Kier alpha value is -0.670. The number of ether oxygens (including phenoxy) is 1. The Morgan fingerprint density at radius 3 is 2.43 bits per heavy atom. The van der Waals surface area contributed by atoms with Crippen molar-refractivity contribution in [2.75, 3.05) is 19.8 Å². The molecule has 0 fully saturated rings. The van der Waals surface area contributed by atoms with Crippen LogP contribution in [-0.4, -0.2) is 25.5 Å². The Balaban J connectivity index is 4.07. The maximum Gasteiger partial charge on any atom is 0.132 e. The van der Waals surface area contributed by atoms with E-state index in [1.165, 1.54) is 5.57 Å². The largest absolute Gasteiger partial charge is 0.381 e. The molecule has 1 unspecified atom stereocenters. The molecule has 0 aliphatic carbocycles. The fourth-order valence-corrected chi connectivity index (χ4v) is 2.31. The zero-order valence-corrected chi connectivity index (χ0v) is 14.2. The van der Waals surface area contributed by atoms with Gasteiger partial charge in [0.2, 0.25) is 0 Å². The molecule has 0 aromatic carbocycles. The van der Waals surface area contributed by atoms with Gasteiger partial charge >= 0.3 is 0 Å². The average molecular weight is 297 g/mol. The molecule has 1 atom stereocenters. The highest BCUT2D eigenvalue weighted by Crippen LogP contribution is 2.19. The molecule has 0 rings (SSSR count).